The van der Waals surface area contributed by atoms with E-state index in [1.54, 1.807) is 0 Å². The van der Waals surface area contributed by atoms with E-state index in [4.69, 9.17) is 10.8 Å². The Morgan fingerprint density at radius 3 is 2.50 bits per heavy atom. The van der Waals surface area contributed by atoms with Crippen molar-refractivity contribution in [2.24, 2.45) is 5.92 Å². The van der Waals surface area contributed by atoms with Crippen LogP contribution < -0.4 is 11.1 Å². The van der Waals surface area contributed by atoms with Gasteiger partial charge in [0.05, 0.1) is 0 Å². The van der Waals surface area contributed by atoms with Gasteiger partial charge in [-0.25, -0.2) is 0 Å². The number of aryl methyl sites for hydroxylation is 1. The zero-order chi connectivity index (χ0) is 15.0. The van der Waals surface area contributed by atoms with Gasteiger partial charge in [-0.05, 0) is 30.0 Å². The van der Waals surface area contributed by atoms with Crippen molar-refractivity contribution in [2.45, 2.75) is 32.6 Å². The molecule has 0 aliphatic heterocycles. The summed E-state index contributed by atoms with van der Waals surface area (Å²) >= 11 is 0. The van der Waals surface area contributed by atoms with Crippen LogP contribution in [0.5, 0.6) is 0 Å². The first-order chi connectivity index (χ1) is 9.51. The highest BCUT2D eigenvalue weighted by atomic mass is 16.4. The molecule has 0 aromatic heterocycles. The number of nitrogens with two attached hydrogens (primary N) is 1. The maximum atomic E-state index is 11.7. The van der Waals surface area contributed by atoms with Crippen LogP contribution in [0.1, 0.15) is 31.7 Å². The topological polar surface area (TPSA) is 92.4 Å². The Balaban J connectivity index is 2.29. The summed E-state index contributed by atoms with van der Waals surface area (Å²) in [6, 6.07) is 7.43. The number of rotatable bonds is 8. The number of benzene rings is 1. The van der Waals surface area contributed by atoms with E-state index in [2.05, 4.69) is 5.32 Å². The molecule has 1 atom stereocenters. The van der Waals surface area contributed by atoms with Gasteiger partial charge < -0.3 is 16.2 Å². The number of carboxylic acids is 1. The highest BCUT2D eigenvalue weighted by Crippen LogP contribution is 2.09. The number of carboxylic acid groups (broad SMARTS) is 1. The molecule has 1 amide bonds. The van der Waals surface area contributed by atoms with Crippen LogP contribution in [0, 0.1) is 5.92 Å². The van der Waals surface area contributed by atoms with Crippen LogP contribution in [0.15, 0.2) is 24.3 Å². The molecule has 20 heavy (non-hydrogen) atoms. The zero-order valence-corrected chi connectivity index (χ0v) is 11.8. The van der Waals surface area contributed by atoms with Crippen molar-refractivity contribution in [3.8, 4) is 0 Å². The normalized spacial score (nSPS) is 11.8. The fraction of sp³-hybridized carbons (Fsp3) is 0.467. The van der Waals surface area contributed by atoms with Gasteiger partial charge in [0.15, 0.2) is 0 Å². The van der Waals surface area contributed by atoms with Crippen LogP contribution in [0.25, 0.3) is 0 Å². The van der Waals surface area contributed by atoms with Crippen molar-refractivity contribution in [2.75, 3.05) is 12.3 Å². The summed E-state index contributed by atoms with van der Waals surface area (Å²) in [5.41, 5.74) is 7.36. The second-order valence-electron chi connectivity index (χ2n) is 4.92. The Morgan fingerprint density at radius 1 is 1.30 bits per heavy atom. The van der Waals surface area contributed by atoms with Crippen LogP contribution in [-0.2, 0) is 16.0 Å². The molecule has 0 bridgehead atoms. The van der Waals surface area contributed by atoms with Crippen molar-refractivity contribution in [3.05, 3.63) is 29.8 Å². The molecule has 110 valence electrons. The van der Waals surface area contributed by atoms with Gasteiger partial charge in [0.2, 0.25) is 5.91 Å². The number of aliphatic carboxylic acids is 1. The van der Waals surface area contributed by atoms with Crippen LogP contribution in [0.4, 0.5) is 5.69 Å². The fourth-order valence-electron chi connectivity index (χ4n) is 1.90. The third-order valence-electron chi connectivity index (χ3n) is 3.25. The minimum Gasteiger partial charge on any atom is -0.481 e. The Morgan fingerprint density at radius 2 is 1.95 bits per heavy atom. The molecule has 5 heteroatoms. The van der Waals surface area contributed by atoms with Gasteiger partial charge in [-0.3, -0.25) is 9.59 Å². The quantitative estimate of drug-likeness (QED) is 0.632. The first kappa shape index (κ1) is 16.0. The van der Waals surface area contributed by atoms with Crippen LogP contribution in [-0.4, -0.2) is 23.5 Å². The predicted molar refractivity (Wildman–Crippen MR) is 78.2 cm³/mol. The molecule has 0 aliphatic rings. The average Bonchev–Trinajstić information content (AvgIpc) is 2.42. The maximum Gasteiger partial charge on any atom is 0.303 e. The lowest BCUT2D eigenvalue weighted by molar-refractivity contribution is -0.138. The molecular formula is C15H22N2O3. The molecule has 0 radical (unpaired) electrons. The number of carbonyl (C=O) groups is 2. The number of anilines is 1. The molecular weight excluding hydrogens is 256 g/mol. The number of nitrogen functional groups attached to an aromatic ring is 1. The van der Waals surface area contributed by atoms with Gasteiger partial charge in [0.25, 0.3) is 0 Å². The van der Waals surface area contributed by atoms with E-state index < -0.39 is 5.97 Å². The third kappa shape index (κ3) is 6.22. The second-order valence-corrected chi connectivity index (χ2v) is 4.92. The Kier molecular flexibility index (Phi) is 6.56. The first-order valence-electron chi connectivity index (χ1n) is 6.84. The number of amides is 1. The molecule has 4 N–H and O–H groups in total. The van der Waals surface area contributed by atoms with Crippen LogP contribution in [0.3, 0.4) is 0 Å². The number of nitrogens with one attached hydrogen (secondary N) is 1. The molecule has 0 saturated heterocycles. The lowest BCUT2D eigenvalue weighted by atomic mass is 10.0. The second kappa shape index (κ2) is 8.19. The molecule has 1 aromatic carbocycles. The highest BCUT2D eigenvalue weighted by molar-refractivity contribution is 5.76. The summed E-state index contributed by atoms with van der Waals surface area (Å²) in [6.07, 6.45) is 1.88. The smallest absolute Gasteiger partial charge is 0.303 e. The predicted octanol–water partition coefficient (Wildman–Crippen LogP) is 1.82. The summed E-state index contributed by atoms with van der Waals surface area (Å²) < 4.78 is 0. The molecule has 0 saturated carbocycles. The van der Waals surface area contributed by atoms with E-state index in [-0.39, 0.29) is 18.2 Å². The van der Waals surface area contributed by atoms with Crippen molar-refractivity contribution in [1.29, 1.82) is 0 Å². The number of carbonyl (C=O) groups excluding carboxylic acids is 1. The van der Waals surface area contributed by atoms with Gasteiger partial charge in [0.1, 0.15) is 0 Å². The van der Waals surface area contributed by atoms with Gasteiger partial charge in [-0.2, -0.15) is 0 Å². The molecule has 1 aromatic rings. The Bertz CT molecular complexity index is 443. The summed E-state index contributed by atoms with van der Waals surface area (Å²) in [6.45, 7) is 2.34. The highest BCUT2D eigenvalue weighted by Gasteiger charge is 2.12. The van der Waals surface area contributed by atoms with Gasteiger partial charge >= 0.3 is 5.97 Å². The van der Waals surface area contributed by atoms with Crippen LogP contribution in [0.2, 0.25) is 0 Å². The SMILES string of the molecule is CCC(CNC(=O)CCc1ccc(N)cc1)CC(=O)O. The van der Waals surface area contributed by atoms with E-state index in [0.717, 1.165) is 12.0 Å². The summed E-state index contributed by atoms with van der Waals surface area (Å²) in [5.74, 6) is -0.883. The van der Waals surface area contributed by atoms with Gasteiger partial charge in [-0.1, -0.05) is 25.5 Å². The Hall–Kier alpha value is -2.04. The van der Waals surface area contributed by atoms with Crippen molar-refractivity contribution >= 4 is 17.6 Å². The summed E-state index contributed by atoms with van der Waals surface area (Å²) in [5, 5.41) is 11.5. The van der Waals surface area contributed by atoms with E-state index in [0.29, 0.717) is 25.1 Å². The van der Waals surface area contributed by atoms with Gasteiger partial charge in [-0.15, -0.1) is 0 Å². The van der Waals surface area contributed by atoms with Crippen LogP contribution >= 0.6 is 0 Å². The molecule has 0 heterocycles. The van der Waals surface area contributed by atoms with E-state index in [1.165, 1.54) is 0 Å². The number of hydrogen-bond donors (Lipinski definition) is 3. The number of hydrogen-bond acceptors (Lipinski definition) is 3. The van der Waals surface area contributed by atoms with Crippen molar-refractivity contribution in [3.63, 3.8) is 0 Å². The van der Waals surface area contributed by atoms with Gasteiger partial charge in [0, 0.05) is 25.1 Å². The largest absolute Gasteiger partial charge is 0.481 e. The molecule has 1 rings (SSSR count). The van der Waals surface area contributed by atoms with E-state index in [9.17, 15) is 9.59 Å². The van der Waals surface area contributed by atoms with Crippen molar-refractivity contribution in [1.82, 2.24) is 5.32 Å². The maximum absolute atomic E-state index is 11.7. The fourth-order valence-corrected chi connectivity index (χ4v) is 1.90. The standard InChI is InChI=1S/C15H22N2O3/c1-2-11(9-15(19)20)10-17-14(18)8-5-12-3-6-13(16)7-4-12/h3-4,6-7,11H,2,5,8-10,16H2,1H3,(H,17,18)(H,19,20). The minimum absolute atomic E-state index is 0.00651. The third-order valence-corrected chi connectivity index (χ3v) is 3.25. The summed E-state index contributed by atoms with van der Waals surface area (Å²) in [4.78, 5) is 22.3. The summed E-state index contributed by atoms with van der Waals surface area (Å²) in [7, 11) is 0. The van der Waals surface area contributed by atoms with Crippen molar-refractivity contribution < 1.29 is 14.7 Å². The molecule has 0 fully saturated rings. The molecule has 1 unspecified atom stereocenters. The lowest BCUT2D eigenvalue weighted by Crippen LogP contribution is -2.30. The zero-order valence-electron chi connectivity index (χ0n) is 11.8. The minimum atomic E-state index is -0.826. The average molecular weight is 278 g/mol. The van der Waals surface area contributed by atoms with E-state index >= 15 is 0 Å². The van der Waals surface area contributed by atoms with E-state index in [1.807, 2.05) is 31.2 Å². The molecule has 0 spiro atoms. The first-order valence-corrected chi connectivity index (χ1v) is 6.84. The molecule has 5 nitrogen and oxygen atoms in total. The molecule has 0 aliphatic carbocycles. The monoisotopic (exact) mass is 278 g/mol. The Labute approximate surface area is 119 Å². The lowest BCUT2D eigenvalue weighted by Gasteiger charge is -2.13.